The van der Waals surface area contributed by atoms with Gasteiger partial charge in [-0.3, -0.25) is 9.36 Å². The smallest absolute Gasteiger partial charge is 0.274 e. The molecular weight excluding hydrogens is 326 g/mol. The minimum absolute atomic E-state index is 0.276. The molecule has 1 N–H and O–H groups in total. The lowest BCUT2D eigenvalue weighted by Crippen LogP contribution is -2.16. The van der Waals surface area contributed by atoms with E-state index >= 15 is 0 Å². The number of anilines is 1. The van der Waals surface area contributed by atoms with Crippen LogP contribution in [0.4, 0.5) is 5.69 Å². The Bertz CT molecular complexity index is 1010. The molecular formula is C20H15N5O. The molecule has 0 saturated heterocycles. The van der Waals surface area contributed by atoms with Crippen molar-refractivity contribution in [1.29, 1.82) is 0 Å². The number of benzene rings is 2. The van der Waals surface area contributed by atoms with Crippen LogP contribution < -0.4 is 5.32 Å². The number of hydrogen-bond donors (Lipinski definition) is 1. The second-order valence-electron chi connectivity index (χ2n) is 5.60. The zero-order chi connectivity index (χ0) is 17.8. The third-order valence-corrected chi connectivity index (χ3v) is 3.85. The van der Waals surface area contributed by atoms with E-state index in [-0.39, 0.29) is 5.91 Å². The second-order valence-corrected chi connectivity index (χ2v) is 5.60. The minimum Gasteiger partial charge on any atom is -0.318 e. The number of rotatable bonds is 4. The Balaban J connectivity index is 1.54. The number of nitrogens with zero attached hydrogens (tertiary/aromatic N) is 4. The lowest BCUT2D eigenvalue weighted by molar-refractivity contribution is 0.102. The zero-order valence-electron chi connectivity index (χ0n) is 13.8. The van der Waals surface area contributed by atoms with Crippen LogP contribution in [0.25, 0.3) is 17.1 Å². The minimum atomic E-state index is -0.276. The summed E-state index contributed by atoms with van der Waals surface area (Å²) < 4.78 is 1.73. The van der Waals surface area contributed by atoms with Crippen LogP contribution in [0, 0.1) is 0 Å². The number of carbonyl (C=O) groups is 1. The van der Waals surface area contributed by atoms with Gasteiger partial charge in [-0.05, 0) is 12.1 Å². The molecule has 4 aromatic rings. The SMILES string of the molecule is O=C(Nc1cnc(-c2ccccc2)nc1)c1cncn1-c1ccccc1. The Hall–Kier alpha value is -3.80. The van der Waals surface area contributed by atoms with Crippen LogP contribution in [-0.2, 0) is 0 Å². The van der Waals surface area contributed by atoms with Crippen LogP contribution in [0.15, 0.2) is 85.6 Å². The quantitative estimate of drug-likeness (QED) is 0.616. The number of carbonyl (C=O) groups excluding carboxylic acids is 1. The summed E-state index contributed by atoms with van der Waals surface area (Å²) in [6.07, 6.45) is 6.33. The number of nitrogens with one attached hydrogen (secondary N) is 1. The highest BCUT2D eigenvalue weighted by molar-refractivity contribution is 6.03. The van der Waals surface area contributed by atoms with E-state index in [4.69, 9.17) is 0 Å². The number of amides is 1. The molecule has 0 radical (unpaired) electrons. The van der Waals surface area contributed by atoms with Crippen LogP contribution in [0.2, 0.25) is 0 Å². The first-order valence-electron chi connectivity index (χ1n) is 8.08. The molecule has 6 nitrogen and oxygen atoms in total. The fraction of sp³-hybridized carbons (Fsp3) is 0. The molecule has 0 bridgehead atoms. The standard InChI is InChI=1S/C20H15N5O/c26-20(18-13-21-14-25(18)17-9-5-2-6-10-17)24-16-11-22-19(23-12-16)15-7-3-1-4-8-15/h1-14H,(H,24,26). The van der Waals surface area contributed by atoms with E-state index in [1.165, 1.54) is 6.20 Å². The Morgan fingerprint density at radius 1 is 0.846 bits per heavy atom. The molecule has 0 saturated carbocycles. The fourth-order valence-electron chi connectivity index (χ4n) is 2.58. The lowest BCUT2D eigenvalue weighted by atomic mass is 10.2. The van der Waals surface area contributed by atoms with Gasteiger partial charge in [0.1, 0.15) is 5.69 Å². The molecule has 2 heterocycles. The number of hydrogen-bond acceptors (Lipinski definition) is 4. The van der Waals surface area contributed by atoms with E-state index < -0.39 is 0 Å². The zero-order valence-corrected chi connectivity index (χ0v) is 13.8. The Morgan fingerprint density at radius 2 is 1.50 bits per heavy atom. The number of para-hydroxylation sites is 1. The van der Waals surface area contributed by atoms with Gasteiger partial charge in [0.15, 0.2) is 5.82 Å². The van der Waals surface area contributed by atoms with E-state index in [2.05, 4.69) is 20.3 Å². The maximum Gasteiger partial charge on any atom is 0.274 e. The lowest BCUT2D eigenvalue weighted by Gasteiger charge is -2.09. The predicted molar refractivity (Wildman–Crippen MR) is 99.0 cm³/mol. The van der Waals surface area contributed by atoms with Gasteiger partial charge in [0, 0.05) is 11.3 Å². The van der Waals surface area contributed by atoms with Gasteiger partial charge in [-0.1, -0.05) is 48.5 Å². The topological polar surface area (TPSA) is 72.7 Å². The molecule has 0 unspecified atom stereocenters. The van der Waals surface area contributed by atoms with Crippen molar-refractivity contribution < 1.29 is 4.79 Å². The first-order chi connectivity index (χ1) is 12.8. The third kappa shape index (κ3) is 3.21. The van der Waals surface area contributed by atoms with E-state index in [1.807, 2.05) is 60.7 Å². The summed E-state index contributed by atoms with van der Waals surface area (Å²) in [5.74, 6) is 0.334. The van der Waals surface area contributed by atoms with Gasteiger partial charge >= 0.3 is 0 Å². The van der Waals surface area contributed by atoms with Gasteiger partial charge in [-0.15, -0.1) is 0 Å². The fourth-order valence-corrected chi connectivity index (χ4v) is 2.58. The maximum absolute atomic E-state index is 12.6. The molecule has 126 valence electrons. The maximum atomic E-state index is 12.6. The molecule has 0 spiro atoms. The molecule has 2 aromatic heterocycles. The highest BCUT2D eigenvalue weighted by Crippen LogP contribution is 2.16. The summed E-state index contributed by atoms with van der Waals surface area (Å²) in [5.41, 5.74) is 2.75. The van der Waals surface area contributed by atoms with E-state index in [9.17, 15) is 4.79 Å². The summed E-state index contributed by atoms with van der Waals surface area (Å²) >= 11 is 0. The van der Waals surface area contributed by atoms with Gasteiger partial charge in [-0.25, -0.2) is 15.0 Å². The van der Waals surface area contributed by atoms with E-state index in [0.29, 0.717) is 17.2 Å². The summed E-state index contributed by atoms with van der Waals surface area (Å²) in [6.45, 7) is 0. The van der Waals surface area contributed by atoms with E-state index in [0.717, 1.165) is 11.3 Å². The van der Waals surface area contributed by atoms with Crippen molar-refractivity contribution in [2.24, 2.45) is 0 Å². The van der Waals surface area contributed by atoms with Gasteiger partial charge in [0.05, 0.1) is 30.6 Å². The van der Waals surface area contributed by atoms with Crippen LogP contribution in [0.1, 0.15) is 10.5 Å². The van der Waals surface area contributed by atoms with Crippen molar-refractivity contribution in [3.05, 3.63) is 91.3 Å². The average molecular weight is 341 g/mol. The van der Waals surface area contributed by atoms with Gasteiger partial charge in [0.25, 0.3) is 5.91 Å². The molecule has 0 aliphatic heterocycles. The average Bonchev–Trinajstić information content (AvgIpc) is 3.20. The van der Waals surface area contributed by atoms with Gasteiger partial charge in [0.2, 0.25) is 0 Å². The second kappa shape index (κ2) is 6.98. The number of imidazole rings is 1. The van der Waals surface area contributed by atoms with Gasteiger partial charge < -0.3 is 5.32 Å². The van der Waals surface area contributed by atoms with Crippen molar-refractivity contribution in [3.63, 3.8) is 0 Å². The Labute approximate surface area is 150 Å². The molecule has 6 heteroatoms. The molecule has 26 heavy (non-hydrogen) atoms. The van der Waals surface area contributed by atoms with Crippen LogP contribution in [-0.4, -0.2) is 25.4 Å². The molecule has 0 aliphatic rings. The largest absolute Gasteiger partial charge is 0.318 e. The summed E-state index contributed by atoms with van der Waals surface area (Å²) in [5, 5.41) is 2.81. The first-order valence-corrected chi connectivity index (χ1v) is 8.08. The molecule has 0 atom stereocenters. The number of aromatic nitrogens is 4. The normalized spacial score (nSPS) is 10.5. The van der Waals surface area contributed by atoms with Crippen molar-refractivity contribution in [3.8, 4) is 17.1 Å². The van der Waals surface area contributed by atoms with Crippen molar-refractivity contribution >= 4 is 11.6 Å². The van der Waals surface area contributed by atoms with Crippen molar-refractivity contribution in [1.82, 2.24) is 19.5 Å². The molecule has 0 fully saturated rings. The van der Waals surface area contributed by atoms with Gasteiger partial charge in [-0.2, -0.15) is 0 Å². The predicted octanol–water partition coefficient (Wildman–Crippen LogP) is 3.58. The molecule has 4 rings (SSSR count). The third-order valence-electron chi connectivity index (χ3n) is 3.85. The highest BCUT2D eigenvalue weighted by atomic mass is 16.2. The van der Waals surface area contributed by atoms with Crippen molar-refractivity contribution in [2.45, 2.75) is 0 Å². The first kappa shape index (κ1) is 15.7. The van der Waals surface area contributed by atoms with Crippen LogP contribution in [0.5, 0.6) is 0 Å². The Kier molecular flexibility index (Phi) is 4.22. The molecule has 0 aliphatic carbocycles. The molecule has 2 aromatic carbocycles. The Morgan fingerprint density at radius 3 is 2.19 bits per heavy atom. The molecule has 1 amide bonds. The summed E-state index contributed by atoms with van der Waals surface area (Å²) in [6, 6.07) is 19.2. The summed E-state index contributed by atoms with van der Waals surface area (Å²) in [4.78, 5) is 25.3. The monoisotopic (exact) mass is 341 g/mol. The van der Waals surface area contributed by atoms with Crippen LogP contribution in [0.3, 0.4) is 0 Å². The van der Waals surface area contributed by atoms with E-state index in [1.54, 1.807) is 23.3 Å². The summed E-state index contributed by atoms with van der Waals surface area (Å²) in [7, 11) is 0. The van der Waals surface area contributed by atoms with Crippen LogP contribution >= 0.6 is 0 Å². The van der Waals surface area contributed by atoms with Crippen molar-refractivity contribution in [2.75, 3.05) is 5.32 Å². The highest BCUT2D eigenvalue weighted by Gasteiger charge is 2.13.